The second-order valence-corrected chi connectivity index (χ2v) is 8.77. The number of hydrogen-bond donors (Lipinski definition) is 2. The number of carbonyl (C=O) groups is 2. The molecule has 33 heavy (non-hydrogen) atoms. The molecule has 1 aromatic heterocycles. The Balaban J connectivity index is 1.53. The zero-order valence-electron chi connectivity index (χ0n) is 17.8. The second-order valence-electron chi connectivity index (χ2n) is 6.98. The summed E-state index contributed by atoms with van der Waals surface area (Å²) < 4.78 is 1.80. The van der Waals surface area contributed by atoms with Crippen LogP contribution < -0.4 is 10.6 Å². The van der Waals surface area contributed by atoms with Crippen molar-refractivity contribution in [1.82, 2.24) is 25.4 Å². The Morgan fingerprint density at radius 1 is 1.09 bits per heavy atom. The van der Waals surface area contributed by atoms with Gasteiger partial charge in [0.25, 0.3) is 5.91 Å². The van der Waals surface area contributed by atoms with Gasteiger partial charge in [-0.1, -0.05) is 71.4 Å². The molecular weight excluding hydrogens is 481 g/mol. The molecule has 2 N–H and O–H groups in total. The minimum atomic E-state index is -0.350. The van der Waals surface area contributed by atoms with Gasteiger partial charge < -0.3 is 15.2 Å². The lowest BCUT2D eigenvalue weighted by atomic mass is 10.1. The van der Waals surface area contributed by atoms with Gasteiger partial charge in [0.05, 0.1) is 22.9 Å². The molecule has 3 aromatic rings. The summed E-state index contributed by atoms with van der Waals surface area (Å²) in [6.07, 6.45) is 2.47. The van der Waals surface area contributed by atoms with E-state index in [1.54, 1.807) is 22.8 Å². The van der Waals surface area contributed by atoms with Crippen molar-refractivity contribution in [2.75, 3.05) is 12.3 Å². The molecule has 2 amide bonds. The molecule has 0 radical (unpaired) electrons. The third kappa shape index (κ3) is 7.35. The number of amides is 2. The first kappa shape index (κ1) is 24.8. The Kier molecular flexibility index (Phi) is 9.35. The molecule has 7 nitrogen and oxygen atoms in total. The third-order valence-electron chi connectivity index (χ3n) is 4.60. The van der Waals surface area contributed by atoms with Crippen molar-refractivity contribution in [3.63, 3.8) is 0 Å². The van der Waals surface area contributed by atoms with Crippen LogP contribution >= 0.6 is 35.0 Å². The Morgan fingerprint density at radius 3 is 2.61 bits per heavy atom. The van der Waals surface area contributed by atoms with Crippen molar-refractivity contribution in [1.29, 1.82) is 0 Å². The molecule has 0 aliphatic carbocycles. The maximum absolute atomic E-state index is 12.5. The lowest BCUT2D eigenvalue weighted by Crippen LogP contribution is -2.27. The van der Waals surface area contributed by atoms with E-state index in [0.717, 1.165) is 6.42 Å². The van der Waals surface area contributed by atoms with Gasteiger partial charge in [0, 0.05) is 18.1 Å². The van der Waals surface area contributed by atoms with E-state index in [9.17, 15) is 9.59 Å². The van der Waals surface area contributed by atoms with Crippen LogP contribution in [0, 0.1) is 0 Å². The smallest absolute Gasteiger partial charge is 0.253 e. The molecular formula is C23H23Cl2N5O2S. The van der Waals surface area contributed by atoms with Gasteiger partial charge >= 0.3 is 0 Å². The van der Waals surface area contributed by atoms with Crippen LogP contribution in [0.5, 0.6) is 0 Å². The highest BCUT2D eigenvalue weighted by atomic mass is 35.5. The topological polar surface area (TPSA) is 88.9 Å². The molecule has 0 aliphatic heterocycles. The highest BCUT2D eigenvalue weighted by Crippen LogP contribution is 2.21. The lowest BCUT2D eigenvalue weighted by Gasteiger charge is -2.10. The van der Waals surface area contributed by atoms with E-state index in [2.05, 4.69) is 27.4 Å². The third-order valence-corrected chi connectivity index (χ3v) is 6.11. The molecule has 10 heteroatoms. The summed E-state index contributed by atoms with van der Waals surface area (Å²) in [5, 5.41) is 15.3. The van der Waals surface area contributed by atoms with E-state index < -0.39 is 0 Å². The predicted octanol–water partition coefficient (Wildman–Crippen LogP) is 4.15. The quantitative estimate of drug-likeness (QED) is 0.303. The average molecular weight is 504 g/mol. The van der Waals surface area contributed by atoms with Gasteiger partial charge in [0.1, 0.15) is 0 Å². The van der Waals surface area contributed by atoms with Crippen LogP contribution in [0.25, 0.3) is 0 Å². The maximum atomic E-state index is 12.5. The summed E-state index contributed by atoms with van der Waals surface area (Å²) in [5.41, 5.74) is 1.49. The zero-order chi connectivity index (χ0) is 23.6. The number of thioether (sulfide) groups is 1. The molecule has 0 spiro atoms. The SMILES string of the molecule is C=CCn1c(CNC(=O)c2ccc(Cl)cc2Cl)nnc1SCC(=O)NCCc1ccccc1. The zero-order valence-corrected chi connectivity index (χ0v) is 20.1. The summed E-state index contributed by atoms with van der Waals surface area (Å²) >= 11 is 13.3. The first-order chi connectivity index (χ1) is 16.0. The Labute approximate surface area is 206 Å². The van der Waals surface area contributed by atoms with Gasteiger partial charge in [-0.2, -0.15) is 0 Å². The first-order valence-electron chi connectivity index (χ1n) is 10.2. The van der Waals surface area contributed by atoms with Crippen LogP contribution in [0.4, 0.5) is 0 Å². The summed E-state index contributed by atoms with van der Waals surface area (Å²) in [4.78, 5) is 24.7. The molecule has 3 rings (SSSR count). The second kappa shape index (κ2) is 12.4. The number of halogens is 2. The molecule has 1 heterocycles. The van der Waals surface area contributed by atoms with E-state index >= 15 is 0 Å². The highest BCUT2D eigenvalue weighted by Gasteiger charge is 2.16. The van der Waals surface area contributed by atoms with E-state index in [1.165, 1.54) is 23.4 Å². The van der Waals surface area contributed by atoms with E-state index in [4.69, 9.17) is 23.2 Å². The molecule has 0 fully saturated rings. The van der Waals surface area contributed by atoms with Crippen LogP contribution in [0.15, 0.2) is 66.3 Å². The van der Waals surface area contributed by atoms with Gasteiger partial charge in [-0.05, 0) is 30.2 Å². The van der Waals surface area contributed by atoms with Gasteiger partial charge in [-0.15, -0.1) is 16.8 Å². The molecule has 172 valence electrons. The molecule has 0 bridgehead atoms. The van der Waals surface area contributed by atoms with Gasteiger partial charge in [0.15, 0.2) is 11.0 Å². The molecule has 0 unspecified atom stereocenters. The standard InChI is InChI=1S/C23H23Cl2N5O2S/c1-2-12-30-20(14-27-22(32)18-9-8-17(24)13-19(18)25)28-29-23(30)33-15-21(31)26-11-10-16-6-4-3-5-7-16/h2-9,13H,1,10-12,14-15H2,(H,26,31)(H,27,32). The van der Waals surface area contributed by atoms with Crippen LogP contribution in [-0.2, 0) is 24.3 Å². The van der Waals surface area contributed by atoms with Crippen LogP contribution in [0.2, 0.25) is 10.0 Å². The van der Waals surface area contributed by atoms with E-state index in [0.29, 0.717) is 34.7 Å². The van der Waals surface area contributed by atoms with Crippen LogP contribution in [-0.4, -0.2) is 38.9 Å². The fourth-order valence-corrected chi connectivity index (χ4v) is 4.26. The molecule has 0 aliphatic rings. The minimum absolute atomic E-state index is 0.0867. The number of aromatic nitrogens is 3. The minimum Gasteiger partial charge on any atom is -0.355 e. The van der Waals surface area contributed by atoms with Crippen molar-refractivity contribution < 1.29 is 9.59 Å². The van der Waals surface area contributed by atoms with Crippen LogP contribution in [0.3, 0.4) is 0 Å². The molecule has 2 aromatic carbocycles. The monoisotopic (exact) mass is 503 g/mol. The number of rotatable bonds is 11. The number of benzene rings is 2. The first-order valence-corrected chi connectivity index (χ1v) is 11.9. The Bertz CT molecular complexity index is 1120. The average Bonchev–Trinajstić information content (AvgIpc) is 3.18. The largest absolute Gasteiger partial charge is 0.355 e. The van der Waals surface area contributed by atoms with Crippen molar-refractivity contribution in [2.45, 2.75) is 24.7 Å². The number of nitrogens with one attached hydrogen (secondary N) is 2. The summed E-state index contributed by atoms with van der Waals surface area (Å²) in [6, 6.07) is 14.6. The lowest BCUT2D eigenvalue weighted by molar-refractivity contribution is -0.118. The molecule has 0 atom stereocenters. The number of nitrogens with zero attached hydrogens (tertiary/aromatic N) is 3. The summed E-state index contributed by atoms with van der Waals surface area (Å²) in [7, 11) is 0. The van der Waals surface area contributed by atoms with Crippen LogP contribution in [0.1, 0.15) is 21.7 Å². The van der Waals surface area contributed by atoms with Gasteiger partial charge in [0.2, 0.25) is 5.91 Å². The van der Waals surface area contributed by atoms with Gasteiger partial charge in [-0.3, -0.25) is 9.59 Å². The van der Waals surface area contributed by atoms with Gasteiger partial charge in [-0.25, -0.2) is 0 Å². The van der Waals surface area contributed by atoms with Crippen molar-refractivity contribution in [3.05, 3.63) is 88.2 Å². The van der Waals surface area contributed by atoms with E-state index in [-0.39, 0.29) is 29.1 Å². The Morgan fingerprint density at radius 2 is 1.88 bits per heavy atom. The number of carbonyl (C=O) groups excluding carboxylic acids is 2. The highest BCUT2D eigenvalue weighted by molar-refractivity contribution is 7.99. The molecule has 0 saturated heterocycles. The van der Waals surface area contributed by atoms with Crippen molar-refractivity contribution in [2.24, 2.45) is 0 Å². The predicted molar refractivity (Wildman–Crippen MR) is 132 cm³/mol. The fourth-order valence-electron chi connectivity index (χ4n) is 2.97. The Hall–Kier alpha value is -2.81. The fraction of sp³-hybridized carbons (Fsp3) is 0.217. The molecule has 0 saturated carbocycles. The normalized spacial score (nSPS) is 10.6. The summed E-state index contributed by atoms with van der Waals surface area (Å²) in [6.45, 7) is 4.91. The summed E-state index contributed by atoms with van der Waals surface area (Å²) in [5.74, 6) is 0.310. The van der Waals surface area contributed by atoms with E-state index in [1.807, 2.05) is 30.3 Å². The number of allylic oxidation sites excluding steroid dienone is 1. The number of hydrogen-bond acceptors (Lipinski definition) is 5. The van der Waals surface area contributed by atoms with Crippen molar-refractivity contribution in [3.8, 4) is 0 Å². The van der Waals surface area contributed by atoms with Crippen molar-refractivity contribution >= 4 is 46.8 Å². The maximum Gasteiger partial charge on any atom is 0.253 e.